The zero-order chi connectivity index (χ0) is 13.9. The van der Waals surface area contributed by atoms with Gasteiger partial charge in [0.2, 0.25) is 6.10 Å². The van der Waals surface area contributed by atoms with Crippen molar-refractivity contribution in [3.8, 4) is 0 Å². The van der Waals surface area contributed by atoms with Crippen molar-refractivity contribution in [2.24, 2.45) is 5.16 Å². The molecule has 0 bridgehead atoms. The van der Waals surface area contributed by atoms with Gasteiger partial charge in [0.15, 0.2) is 0 Å². The number of rotatable bonds is 2. The van der Waals surface area contributed by atoms with Crippen LogP contribution in [-0.2, 0) is 14.4 Å². The second-order valence-corrected chi connectivity index (χ2v) is 5.16. The molecular weight excluding hydrogens is 280 g/mol. The van der Waals surface area contributed by atoms with E-state index in [1.54, 1.807) is 11.0 Å². The van der Waals surface area contributed by atoms with E-state index in [-0.39, 0.29) is 5.91 Å². The lowest BCUT2D eigenvalue weighted by atomic mass is 10.0. The molecule has 1 aromatic rings. The van der Waals surface area contributed by atoms with Crippen LogP contribution in [0.4, 0.5) is 0 Å². The maximum absolute atomic E-state index is 12.3. The Morgan fingerprint density at radius 3 is 2.80 bits per heavy atom. The molecular formula is C14H15ClN2O3. The summed E-state index contributed by atoms with van der Waals surface area (Å²) in [5.74, 6) is -0.0286. The number of hydrogen-bond donors (Lipinski definition) is 0. The van der Waals surface area contributed by atoms with Crippen LogP contribution in [0.25, 0.3) is 0 Å². The summed E-state index contributed by atoms with van der Waals surface area (Å²) < 4.78 is 5.24. The SMILES string of the molecule is O=C([C@@H]1CC(c2ccccc2Cl)=NO1)N1CCOCC1. The summed E-state index contributed by atoms with van der Waals surface area (Å²) in [5, 5.41) is 4.64. The van der Waals surface area contributed by atoms with Crippen LogP contribution >= 0.6 is 11.6 Å². The van der Waals surface area contributed by atoms with Crippen molar-refractivity contribution in [2.45, 2.75) is 12.5 Å². The predicted molar refractivity (Wildman–Crippen MR) is 74.9 cm³/mol. The lowest BCUT2D eigenvalue weighted by molar-refractivity contribution is -0.146. The average molecular weight is 295 g/mol. The molecule has 5 nitrogen and oxygen atoms in total. The summed E-state index contributed by atoms with van der Waals surface area (Å²) in [6, 6.07) is 7.43. The van der Waals surface area contributed by atoms with E-state index in [9.17, 15) is 4.79 Å². The first kappa shape index (κ1) is 13.4. The number of benzene rings is 1. The molecule has 6 heteroatoms. The summed E-state index contributed by atoms with van der Waals surface area (Å²) in [5.41, 5.74) is 1.55. The fourth-order valence-electron chi connectivity index (χ4n) is 2.35. The van der Waals surface area contributed by atoms with Crippen molar-refractivity contribution in [3.63, 3.8) is 0 Å². The fraction of sp³-hybridized carbons (Fsp3) is 0.429. The highest BCUT2D eigenvalue weighted by molar-refractivity contribution is 6.34. The van der Waals surface area contributed by atoms with Gasteiger partial charge in [-0.3, -0.25) is 4.79 Å². The van der Waals surface area contributed by atoms with Crippen LogP contribution in [0.3, 0.4) is 0 Å². The van der Waals surface area contributed by atoms with Crippen LogP contribution in [0.2, 0.25) is 5.02 Å². The molecule has 0 aromatic heterocycles. The molecule has 20 heavy (non-hydrogen) atoms. The molecule has 0 spiro atoms. The average Bonchev–Trinajstić information content (AvgIpc) is 2.97. The molecule has 1 aromatic carbocycles. The molecule has 2 aliphatic rings. The van der Waals surface area contributed by atoms with Crippen LogP contribution in [0.15, 0.2) is 29.4 Å². The Kier molecular flexibility index (Phi) is 3.89. The van der Waals surface area contributed by atoms with E-state index in [1.807, 2.05) is 18.2 Å². The van der Waals surface area contributed by atoms with Crippen LogP contribution in [0.5, 0.6) is 0 Å². The van der Waals surface area contributed by atoms with Crippen molar-refractivity contribution >= 4 is 23.2 Å². The van der Waals surface area contributed by atoms with E-state index in [4.69, 9.17) is 21.2 Å². The van der Waals surface area contributed by atoms with Crippen molar-refractivity contribution in [3.05, 3.63) is 34.9 Å². The molecule has 1 amide bonds. The van der Waals surface area contributed by atoms with Crippen LogP contribution in [0, 0.1) is 0 Å². The maximum Gasteiger partial charge on any atom is 0.267 e. The fourth-order valence-corrected chi connectivity index (χ4v) is 2.60. The molecule has 106 valence electrons. The molecule has 0 unspecified atom stereocenters. The van der Waals surface area contributed by atoms with E-state index in [1.165, 1.54) is 0 Å². The molecule has 0 radical (unpaired) electrons. The number of oxime groups is 1. The van der Waals surface area contributed by atoms with Gasteiger partial charge in [0.25, 0.3) is 5.91 Å². The summed E-state index contributed by atoms with van der Waals surface area (Å²) in [7, 11) is 0. The van der Waals surface area contributed by atoms with E-state index < -0.39 is 6.10 Å². The largest absolute Gasteiger partial charge is 0.382 e. The van der Waals surface area contributed by atoms with E-state index in [0.29, 0.717) is 37.7 Å². The number of nitrogens with zero attached hydrogens (tertiary/aromatic N) is 2. The van der Waals surface area contributed by atoms with Gasteiger partial charge >= 0.3 is 0 Å². The molecule has 0 N–H and O–H groups in total. The Labute approximate surface area is 122 Å². The van der Waals surface area contributed by atoms with Crippen molar-refractivity contribution in [2.75, 3.05) is 26.3 Å². The van der Waals surface area contributed by atoms with Gasteiger partial charge in [-0.05, 0) is 6.07 Å². The number of ether oxygens (including phenoxy) is 1. The normalized spacial score (nSPS) is 22.4. The van der Waals surface area contributed by atoms with Gasteiger partial charge in [-0.15, -0.1) is 0 Å². The van der Waals surface area contributed by atoms with E-state index >= 15 is 0 Å². The summed E-state index contributed by atoms with van der Waals surface area (Å²) in [6.45, 7) is 2.38. The number of hydrogen-bond acceptors (Lipinski definition) is 4. The van der Waals surface area contributed by atoms with Crippen LogP contribution in [0.1, 0.15) is 12.0 Å². The smallest absolute Gasteiger partial charge is 0.267 e. The topological polar surface area (TPSA) is 51.1 Å². The third-order valence-corrected chi connectivity index (χ3v) is 3.78. The Balaban J connectivity index is 1.66. The maximum atomic E-state index is 12.3. The Morgan fingerprint density at radius 1 is 1.30 bits per heavy atom. The molecule has 2 heterocycles. The third-order valence-electron chi connectivity index (χ3n) is 3.45. The highest BCUT2D eigenvalue weighted by atomic mass is 35.5. The van der Waals surface area contributed by atoms with E-state index in [0.717, 1.165) is 11.3 Å². The van der Waals surface area contributed by atoms with Gasteiger partial charge < -0.3 is 14.5 Å². The van der Waals surface area contributed by atoms with Gasteiger partial charge in [0.05, 0.1) is 18.9 Å². The monoisotopic (exact) mass is 294 g/mol. The second kappa shape index (κ2) is 5.81. The number of carbonyl (C=O) groups excluding carboxylic acids is 1. The summed E-state index contributed by atoms with van der Waals surface area (Å²) in [4.78, 5) is 19.4. The quantitative estimate of drug-likeness (QED) is 0.834. The number of carbonyl (C=O) groups is 1. The molecule has 0 aliphatic carbocycles. The molecule has 1 saturated heterocycles. The zero-order valence-electron chi connectivity index (χ0n) is 10.9. The van der Waals surface area contributed by atoms with Crippen LogP contribution in [-0.4, -0.2) is 48.9 Å². The number of morpholine rings is 1. The van der Waals surface area contributed by atoms with E-state index in [2.05, 4.69) is 5.16 Å². The minimum Gasteiger partial charge on any atom is -0.382 e. The number of halogens is 1. The highest BCUT2D eigenvalue weighted by Crippen LogP contribution is 2.23. The van der Waals surface area contributed by atoms with Gasteiger partial charge in [0, 0.05) is 30.1 Å². The summed E-state index contributed by atoms with van der Waals surface area (Å²) in [6.07, 6.45) is -0.0840. The second-order valence-electron chi connectivity index (χ2n) is 4.75. The first-order valence-electron chi connectivity index (χ1n) is 6.60. The lowest BCUT2D eigenvalue weighted by Gasteiger charge is -2.28. The van der Waals surface area contributed by atoms with Crippen LogP contribution < -0.4 is 0 Å². The van der Waals surface area contributed by atoms with Crippen molar-refractivity contribution in [1.82, 2.24) is 4.90 Å². The molecule has 1 atom stereocenters. The highest BCUT2D eigenvalue weighted by Gasteiger charge is 2.33. The first-order valence-corrected chi connectivity index (χ1v) is 6.97. The third kappa shape index (κ3) is 2.64. The minimum absolute atomic E-state index is 0.0286. The molecule has 0 saturated carbocycles. The van der Waals surface area contributed by atoms with Gasteiger partial charge in [-0.2, -0.15) is 0 Å². The Morgan fingerprint density at radius 2 is 2.05 bits per heavy atom. The van der Waals surface area contributed by atoms with Gasteiger partial charge in [0.1, 0.15) is 0 Å². The molecule has 3 rings (SSSR count). The van der Waals surface area contributed by atoms with Gasteiger partial charge in [-0.25, -0.2) is 0 Å². The Hall–Kier alpha value is -1.59. The number of amides is 1. The molecule has 2 aliphatic heterocycles. The van der Waals surface area contributed by atoms with Crippen molar-refractivity contribution < 1.29 is 14.4 Å². The van der Waals surface area contributed by atoms with Crippen molar-refractivity contribution in [1.29, 1.82) is 0 Å². The minimum atomic E-state index is -0.542. The molecule has 1 fully saturated rings. The predicted octanol–water partition coefficient (Wildman–Crippen LogP) is 1.69. The lowest BCUT2D eigenvalue weighted by Crippen LogP contribution is -2.45. The summed E-state index contributed by atoms with van der Waals surface area (Å²) >= 11 is 6.13. The standard InChI is InChI=1S/C14H15ClN2O3/c15-11-4-2-1-3-10(11)12-9-13(20-16-12)14(18)17-5-7-19-8-6-17/h1-4,13H,5-9H2/t13-/m0/s1. The Bertz CT molecular complexity index is 541. The van der Waals surface area contributed by atoms with Gasteiger partial charge in [-0.1, -0.05) is 35.0 Å². The first-order chi connectivity index (χ1) is 9.75. The zero-order valence-corrected chi connectivity index (χ0v) is 11.7.